The largest absolute Gasteiger partial charge is 0.468 e. The summed E-state index contributed by atoms with van der Waals surface area (Å²) < 4.78 is 15.4. The number of halogens is 1. The number of nitrogens with one attached hydrogen (secondary N) is 2. The highest BCUT2D eigenvalue weighted by Crippen LogP contribution is 2.40. The molecule has 0 fully saturated rings. The number of carbonyl (C=O) groups excluding carboxylic acids is 3. The third kappa shape index (κ3) is 4.81. The molecule has 2 aromatic rings. The van der Waals surface area contributed by atoms with Crippen LogP contribution in [0.1, 0.15) is 11.5 Å². The number of anilines is 1. The molecule has 34 heavy (non-hydrogen) atoms. The molecule has 0 radical (unpaired) electrons. The van der Waals surface area contributed by atoms with Gasteiger partial charge in [-0.3, -0.25) is 14.4 Å². The average molecular weight is 500 g/mol. The highest BCUT2D eigenvalue weighted by molar-refractivity contribution is 8.03. The van der Waals surface area contributed by atoms with Crippen molar-refractivity contribution in [3.8, 4) is 17.6 Å². The molecule has 11 heteroatoms. The number of amides is 2. The lowest BCUT2D eigenvalue weighted by atomic mass is 9.78. The maximum Gasteiger partial charge on any atom is 0.319 e. The molecular formula is C23H18ClN3O6S. The normalized spacial score (nSPS) is 18.7. The van der Waals surface area contributed by atoms with Crippen molar-refractivity contribution in [3.63, 3.8) is 0 Å². The number of nitrogens with zero attached hydrogens (tertiary/aromatic N) is 1. The standard InChI is InChI=1S/C23H18ClN3O6S/c1-31-23(30)20-19(12-2-4-13(24)5-3-12)15(9-25)22(27-21(20)29)34-10-18(28)26-14-6-7-16-17(8-14)33-11-32-16/h2-8,19-20H,10-11H2,1H3,(H,26,28)(H,27,29)/t19-,20-/m0/s1. The summed E-state index contributed by atoms with van der Waals surface area (Å²) in [5, 5.41) is 15.9. The van der Waals surface area contributed by atoms with Gasteiger partial charge in [-0.05, 0) is 29.8 Å². The second-order valence-corrected chi connectivity index (χ2v) is 8.70. The summed E-state index contributed by atoms with van der Waals surface area (Å²) >= 11 is 6.96. The molecule has 2 atom stereocenters. The average Bonchev–Trinajstić information content (AvgIpc) is 3.30. The van der Waals surface area contributed by atoms with E-state index in [4.69, 9.17) is 25.8 Å². The zero-order valence-corrected chi connectivity index (χ0v) is 19.4. The Hall–Kier alpha value is -3.68. The predicted octanol–water partition coefficient (Wildman–Crippen LogP) is 3.18. The Morgan fingerprint density at radius 3 is 2.68 bits per heavy atom. The Bertz CT molecular complexity index is 1220. The quantitative estimate of drug-likeness (QED) is 0.458. The van der Waals surface area contributed by atoms with Crippen molar-refractivity contribution < 1.29 is 28.6 Å². The molecule has 2 aliphatic heterocycles. The van der Waals surface area contributed by atoms with Crippen LogP contribution in [-0.2, 0) is 19.1 Å². The minimum Gasteiger partial charge on any atom is -0.468 e. The Morgan fingerprint density at radius 2 is 1.97 bits per heavy atom. The minimum absolute atomic E-state index is 0.0918. The van der Waals surface area contributed by atoms with Crippen LogP contribution in [0.15, 0.2) is 53.1 Å². The molecule has 0 bridgehead atoms. The fraction of sp³-hybridized carbons (Fsp3) is 0.217. The van der Waals surface area contributed by atoms with Gasteiger partial charge in [-0.25, -0.2) is 0 Å². The molecule has 174 valence electrons. The van der Waals surface area contributed by atoms with Crippen molar-refractivity contribution in [3.05, 3.63) is 63.7 Å². The molecule has 0 unspecified atom stereocenters. The van der Waals surface area contributed by atoms with Crippen LogP contribution in [0.25, 0.3) is 0 Å². The van der Waals surface area contributed by atoms with Gasteiger partial charge in [0.25, 0.3) is 0 Å². The minimum atomic E-state index is -1.26. The van der Waals surface area contributed by atoms with Crippen LogP contribution < -0.4 is 20.1 Å². The van der Waals surface area contributed by atoms with Gasteiger partial charge in [0.05, 0.1) is 29.5 Å². The van der Waals surface area contributed by atoms with Crippen LogP contribution in [0.2, 0.25) is 5.02 Å². The zero-order chi connectivity index (χ0) is 24.2. The van der Waals surface area contributed by atoms with Gasteiger partial charge in [0.2, 0.25) is 18.6 Å². The Labute approximate surface area is 204 Å². The van der Waals surface area contributed by atoms with Crippen LogP contribution in [0, 0.1) is 17.2 Å². The molecule has 0 saturated heterocycles. The van der Waals surface area contributed by atoms with Crippen molar-refractivity contribution in [2.24, 2.45) is 5.92 Å². The molecule has 0 saturated carbocycles. The number of hydrogen-bond donors (Lipinski definition) is 2. The van der Waals surface area contributed by atoms with Crippen LogP contribution in [0.5, 0.6) is 11.5 Å². The fourth-order valence-corrected chi connectivity index (χ4v) is 4.63. The SMILES string of the molecule is COC(=O)[C@@H]1C(=O)NC(SCC(=O)Nc2ccc3c(c2)OCO3)=C(C#N)[C@@H]1c1ccc(Cl)cc1. The first kappa shape index (κ1) is 23.5. The number of thioether (sulfide) groups is 1. The number of hydrogen-bond acceptors (Lipinski definition) is 8. The van der Waals surface area contributed by atoms with E-state index in [1.54, 1.807) is 42.5 Å². The summed E-state index contributed by atoms with van der Waals surface area (Å²) in [7, 11) is 1.18. The van der Waals surface area contributed by atoms with Crippen LogP contribution >= 0.6 is 23.4 Å². The third-order valence-corrected chi connectivity index (χ3v) is 6.49. The number of ether oxygens (including phenoxy) is 3. The molecule has 2 heterocycles. The predicted molar refractivity (Wildman–Crippen MR) is 124 cm³/mol. The van der Waals surface area contributed by atoms with Crippen molar-refractivity contribution in [1.29, 1.82) is 5.26 Å². The molecule has 0 aliphatic carbocycles. The van der Waals surface area contributed by atoms with E-state index >= 15 is 0 Å². The van der Waals surface area contributed by atoms with E-state index in [0.29, 0.717) is 27.8 Å². The first-order chi connectivity index (χ1) is 16.4. The molecule has 0 spiro atoms. The van der Waals surface area contributed by atoms with Gasteiger partial charge in [-0.2, -0.15) is 5.26 Å². The molecule has 2 aromatic carbocycles. The molecule has 0 aromatic heterocycles. The lowest BCUT2D eigenvalue weighted by Crippen LogP contribution is -2.44. The van der Waals surface area contributed by atoms with Crippen LogP contribution in [0.4, 0.5) is 5.69 Å². The summed E-state index contributed by atoms with van der Waals surface area (Å²) in [4.78, 5) is 37.8. The molecule has 9 nitrogen and oxygen atoms in total. The van der Waals surface area contributed by atoms with Gasteiger partial charge in [0.15, 0.2) is 11.5 Å². The number of rotatable bonds is 6. The van der Waals surface area contributed by atoms with E-state index in [1.807, 2.05) is 0 Å². The highest BCUT2D eigenvalue weighted by Gasteiger charge is 2.44. The molecule has 2 N–H and O–H groups in total. The van der Waals surface area contributed by atoms with Crippen molar-refractivity contribution >= 4 is 46.8 Å². The summed E-state index contributed by atoms with van der Waals surface area (Å²) in [6, 6.07) is 13.6. The molecule has 2 amide bonds. The first-order valence-electron chi connectivity index (χ1n) is 10.0. The number of benzene rings is 2. The second-order valence-electron chi connectivity index (χ2n) is 7.28. The number of carbonyl (C=O) groups is 3. The first-order valence-corrected chi connectivity index (χ1v) is 11.4. The van der Waals surface area contributed by atoms with Crippen molar-refractivity contribution in [1.82, 2.24) is 5.32 Å². The monoisotopic (exact) mass is 499 g/mol. The number of fused-ring (bicyclic) bond motifs is 1. The van der Waals surface area contributed by atoms with Crippen LogP contribution in [-0.4, -0.2) is 37.4 Å². The van der Waals surface area contributed by atoms with Gasteiger partial charge in [0.1, 0.15) is 5.92 Å². The summed E-state index contributed by atoms with van der Waals surface area (Å²) in [6.45, 7) is 0.120. The summed E-state index contributed by atoms with van der Waals surface area (Å²) in [5.41, 5.74) is 1.22. The van der Waals surface area contributed by atoms with Crippen molar-refractivity contribution in [2.75, 3.05) is 25.0 Å². The summed E-state index contributed by atoms with van der Waals surface area (Å²) in [5.74, 6) is -2.87. The Morgan fingerprint density at radius 1 is 1.24 bits per heavy atom. The number of methoxy groups -OCH3 is 1. The fourth-order valence-electron chi connectivity index (χ4n) is 3.66. The molecule has 2 aliphatic rings. The summed E-state index contributed by atoms with van der Waals surface area (Å²) in [6.07, 6.45) is 0. The van der Waals surface area contributed by atoms with E-state index in [1.165, 1.54) is 7.11 Å². The van der Waals surface area contributed by atoms with E-state index in [0.717, 1.165) is 11.8 Å². The van der Waals surface area contributed by atoms with Gasteiger partial charge in [-0.15, -0.1) is 0 Å². The lowest BCUT2D eigenvalue weighted by Gasteiger charge is -2.30. The lowest BCUT2D eigenvalue weighted by molar-refractivity contribution is -0.150. The number of esters is 1. The zero-order valence-electron chi connectivity index (χ0n) is 17.8. The number of allylic oxidation sites excluding steroid dienone is 1. The topological polar surface area (TPSA) is 127 Å². The maximum atomic E-state index is 12.8. The smallest absolute Gasteiger partial charge is 0.319 e. The van der Waals surface area contributed by atoms with Crippen LogP contribution in [0.3, 0.4) is 0 Å². The van der Waals surface area contributed by atoms with E-state index in [2.05, 4.69) is 16.7 Å². The van der Waals surface area contributed by atoms with Gasteiger partial charge < -0.3 is 24.8 Å². The van der Waals surface area contributed by atoms with Gasteiger partial charge in [0, 0.05) is 22.7 Å². The van der Waals surface area contributed by atoms with E-state index < -0.39 is 23.7 Å². The van der Waals surface area contributed by atoms with Gasteiger partial charge in [-0.1, -0.05) is 35.5 Å². The Kier molecular flexibility index (Phi) is 6.95. The molecule has 4 rings (SSSR count). The van der Waals surface area contributed by atoms with E-state index in [-0.39, 0.29) is 29.1 Å². The third-order valence-electron chi connectivity index (χ3n) is 5.22. The van der Waals surface area contributed by atoms with E-state index in [9.17, 15) is 19.6 Å². The van der Waals surface area contributed by atoms with Gasteiger partial charge >= 0.3 is 5.97 Å². The Balaban J connectivity index is 1.56. The maximum absolute atomic E-state index is 12.8. The second kappa shape index (κ2) is 10.1. The van der Waals surface area contributed by atoms with Crippen molar-refractivity contribution in [2.45, 2.75) is 5.92 Å². The highest BCUT2D eigenvalue weighted by atomic mass is 35.5. The number of nitriles is 1. The molecular weight excluding hydrogens is 482 g/mol.